The molecule has 1 atom stereocenters. The first-order valence-electron chi connectivity index (χ1n) is 19.9. The molecule has 10 nitrogen and oxygen atoms in total. The third kappa shape index (κ3) is 7.69. The molecule has 0 N–H and O–H groups in total. The number of fused-ring (bicyclic) bond motifs is 4. The second-order valence-corrected chi connectivity index (χ2v) is 23.3. The van der Waals surface area contributed by atoms with Crippen molar-refractivity contribution in [3.05, 3.63) is 98.0 Å². The lowest BCUT2D eigenvalue weighted by molar-refractivity contribution is 0.0600. The van der Waals surface area contributed by atoms with Gasteiger partial charge in [0.15, 0.2) is 0 Å². The van der Waals surface area contributed by atoms with Gasteiger partial charge in [-0.25, -0.2) is 9.48 Å². The number of carbonyl (C=O) groups excluding carboxylic acids is 2. The number of amides is 1. The fourth-order valence-corrected chi connectivity index (χ4v) is 9.45. The number of nitrogens with zero attached hydrogens (tertiary/aromatic N) is 5. The fraction of sp³-hybridized carbons (Fsp3) is 0.400. The molecule has 1 amide bonds. The third-order valence-corrected chi connectivity index (χ3v) is 13.9. The minimum atomic E-state index is -1.25. The first-order chi connectivity index (χ1) is 27.5. The Kier molecular flexibility index (Phi) is 11.7. The molecule has 4 heterocycles. The van der Waals surface area contributed by atoms with Crippen molar-refractivity contribution in [2.24, 2.45) is 7.05 Å². The monoisotopic (exact) mass is 841 g/mol. The van der Waals surface area contributed by atoms with Crippen molar-refractivity contribution in [3.8, 4) is 16.9 Å². The molecule has 0 unspecified atom stereocenters. The van der Waals surface area contributed by atoms with Crippen LogP contribution in [-0.4, -0.2) is 65.7 Å². The van der Waals surface area contributed by atoms with E-state index in [1.54, 1.807) is 6.07 Å². The van der Waals surface area contributed by atoms with Gasteiger partial charge in [0.2, 0.25) is 0 Å². The quantitative estimate of drug-likeness (QED) is 0.0653. The number of rotatable bonds is 13. The zero-order chi connectivity index (χ0) is 41.8. The number of hydrogen-bond acceptors (Lipinski definition) is 6. The van der Waals surface area contributed by atoms with Crippen molar-refractivity contribution in [3.63, 3.8) is 0 Å². The van der Waals surface area contributed by atoms with Crippen molar-refractivity contribution in [2.45, 2.75) is 85.9 Å². The average molecular weight is 843 g/mol. The van der Waals surface area contributed by atoms with Crippen LogP contribution in [0.2, 0.25) is 35.7 Å². The van der Waals surface area contributed by atoms with Crippen LogP contribution in [0.15, 0.2) is 48.7 Å². The molecule has 7 rings (SSSR count). The Bertz CT molecular complexity index is 2560. The van der Waals surface area contributed by atoms with Gasteiger partial charge in [-0.15, -0.1) is 0 Å². The molecule has 0 radical (unpaired) electrons. The van der Waals surface area contributed by atoms with Crippen LogP contribution in [0.3, 0.4) is 0 Å². The summed E-state index contributed by atoms with van der Waals surface area (Å²) in [5.74, 6) is 0.263. The van der Waals surface area contributed by atoms with E-state index >= 15 is 4.79 Å². The van der Waals surface area contributed by atoms with Crippen LogP contribution in [0.5, 0.6) is 5.75 Å². The number of ether oxygens (including phenoxy) is 3. The topological polar surface area (TPSA) is 92.8 Å². The summed E-state index contributed by atoms with van der Waals surface area (Å²) in [6.07, 6.45) is 3.23. The Morgan fingerprint density at radius 3 is 2.36 bits per heavy atom. The number of carbonyl (C=O) groups is 2. The molecule has 306 valence electrons. The minimum Gasteiger partial charge on any atom is -0.494 e. The number of halogens is 2. The van der Waals surface area contributed by atoms with Gasteiger partial charge in [0.25, 0.3) is 5.91 Å². The van der Waals surface area contributed by atoms with Gasteiger partial charge in [-0.1, -0.05) is 48.9 Å². The number of benzene rings is 3. The highest BCUT2D eigenvalue weighted by atomic mass is 35.5. The molecule has 1 aliphatic rings. The maximum Gasteiger partial charge on any atom is 0.337 e. The van der Waals surface area contributed by atoms with Gasteiger partial charge in [-0.05, 0) is 107 Å². The van der Waals surface area contributed by atoms with E-state index in [1.165, 1.54) is 7.11 Å². The van der Waals surface area contributed by atoms with Gasteiger partial charge < -0.3 is 28.2 Å². The van der Waals surface area contributed by atoms with Crippen LogP contribution >= 0.6 is 23.2 Å². The van der Waals surface area contributed by atoms with Crippen LogP contribution in [0.4, 0.5) is 5.69 Å². The molecule has 0 aliphatic carbocycles. The van der Waals surface area contributed by atoms with E-state index in [4.69, 9.17) is 42.5 Å². The van der Waals surface area contributed by atoms with E-state index in [9.17, 15) is 4.79 Å². The summed E-state index contributed by atoms with van der Waals surface area (Å²) < 4.78 is 23.5. The molecule has 0 saturated heterocycles. The standard InChI is InChI=1S/C45H53Cl2N5O5Si/c1-26-20-32(21-27(2)41(26)47)57-17-11-12-33-34-15-16-36(46)40(39-29(4)48-51(30(39)5)25-56-18-19-58(8,9)10)42(34)52-28(3)23-50(44(53)43(33)52)38-24-49(6)37-22-31(45(54)55-7)13-14-35(37)38/h13-16,20-22,24,28H,11-12,17-19,23,25H2,1-10H3/t28-/m1/s1. The van der Waals surface area contributed by atoms with E-state index in [2.05, 4.69) is 44.1 Å². The molecule has 3 aromatic carbocycles. The number of hydrogen-bond donors (Lipinski definition) is 0. The Balaban J connectivity index is 1.33. The number of esters is 1. The van der Waals surface area contributed by atoms with Crippen molar-refractivity contribution in [1.82, 2.24) is 18.9 Å². The zero-order valence-corrected chi connectivity index (χ0v) is 37.7. The lowest BCUT2D eigenvalue weighted by Gasteiger charge is -2.34. The van der Waals surface area contributed by atoms with Gasteiger partial charge in [0.1, 0.15) is 18.2 Å². The van der Waals surface area contributed by atoms with E-state index in [1.807, 2.05) is 78.5 Å². The predicted octanol–water partition coefficient (Wildman–Crippen LogP) is 10.9. The molecular weight excluding hydrogens is 790 g/mol. The van der Waals surface area contributed by atoms with E-state index in [0.717, 1.165) is 83.5 Å². The average Bonchev–Trinajstić information content (AvgIpc) is 3.79. The zero-order valence-electron chi connectivity index (χ0n) is 35.2. The smallest absolute Gasteiger partial charge is 0.337 e. The van der Waals surface area contributed by atoms with Gasteiger partial charge in [-0.3, -0.25) is 4.79 Å². The number of anilines is 1. The molecule has 6 aromatic rings. The fourth-order valence-electron chi connectivity index (χ4n) is 8.34. The lowest BCUT2D eigenvalue weighted by Crippen LogP contribution is -2.42. The molecule has 0 saturated carbocycles. The maximum absolute atomic E-state index is 15.2. The minimum absolute atomic E-state index is 0.0966. The molecule has 0 spiro atoms. The first kappa shape index (κ1) is 41.6. The highest BCUT2D eigenvalue weighted by Gasteiger charge is 2.38. The van der Waals surface area contributed by atoms with Crippen LogP contribution in [0, 0.1) is 27.7 Å². The summed E-state index contributed by atoms with van der Waals surface area (Å²) in [5, 5.41) is 8.13. The Morgan fingerprint density at radius 1 is 0.966 bits per heavy atom. The Labute approximate surface area is 351 Å². The maximum atomic E-state index is 15.2. The number of aryl methyl sites for hydroxylation is 5. The van der Waals surface area contributed by atoms with Crippen molar-refractivity contribution in [2.75, 3.05) is 31.8 Å². The highest BCUT2D eigenvalue weighted by molar-refractivity contribution is 6.76. The third-order valence-electron chi connectivity index (χ3n) is 11.3. The SMILES string of the molecule is COC(=O)c1ccc2c(N3C[C@@H](C)n4c(c(CCCOc5cc(C)c(Cl)c(C)c5)c5ccc(Cl)c(-c6c(C)nn(COCC[Si](C)(C)C)c6C)c54)C3=O)cn(C)c2c1. The van der Waals surface area contributed by atoms with Crippen LogP contribution in [0.25, 0.3) is 32.9 Å². The largest absolute Gasteiger partial charge is 0.494 e. The molecule has 1 aliphatic heterocycles. The van der Waals surface area contributed by atoms with Crippen LogP contribution in [-0.2, 0) is 29.7 Å². The van der Waals surface area contributed by atoms with Gasteiger partial charge >= 0.3 is 5.97 Å². The molecule has 58 heavy (non-hydrogen) atoms. The molecule has 13 heteroatoms. The molecule has 0 fully saturated rings. The van der Waals surface area contributed by atoms with Gasteiger partial charge in [0, 0.05) is 73.1 Å². The molecule has 0 bridgehead atoms. The van der Waals surface area contributed by atoms with Gasteiger partial charge in [-0.2, -0.15) is 5.10 Å². The van der Waals surface area contributed by atoms with E-state index < -0.39 is 14.0 Å². The summed E-state index contributed by atoms with van der Waals surface area (Å²) >= 11 is 13.7. The second-order valence-electron chi connectivity index (χ2n) is 16.8. The second kappa shape index (κ2) is 16.2. The highest BCUT2D eigenvalue weighted by Crippen LogP contribution is 2.46. The number of aromatic nitrogens is 4. The van der Waals surface area contributed by atoms with Crippen molar-refractivity contribution in [1.29, 1.82) is 0 Å². The molecular formula is C45H53Cl2N5O5Si. The van der Waals surface area contributed by atoms with Gasteiger partial charge in [0.05, 0.1) is 46.7 Å². The summed E-state index contributed by atoms with van der Waals surface area (Å²) in [5.41, 5.74) is 10.1. The Hall–Kier alpha value is -4.55. The van der Waals surface area contributed by atoms with Crippen LogP contribution in [0.1, 0.15) is 68.3 Å². The normalized spacial score (nSPS) is 14.5. The van der Waals surface area contributed by atoms with Crippen LogP contribution < -0.4 is 9.64 Å². The van der Waals surface area contributed by atoms with E-state index in [-0.39, 0.29) is 11.9 Å². The predicted molar refractivity (Wildman–Crippen MR) is 237 cm³/mol. The summed E-state index contributed by atoms with van der Waals surface area (Å²) in [4.78, 5) is 29.5. The summed E-state index contributed by atoms with van der Waals surface area (Å²) in [6, 6.07) is 14.3. The lowest BCUT2D eigenvalue weighted by atomic mass is 9.98. The summed E-state index contributed by atoms with van der Waals surface area (Å²) in [7, 11) is 2.05. The summed E-state index contributed by atoms with van der Waals surface area (Å²) in [6.45, 7) is 19.1. The molecule has 3 aromatic heterocycles. The van der Waals surface area contributed by atoms with Crippen molar-refractivity contribution < 1.29 is 23.8 Å². The number of methoxy groups -OCH3 is 1. The van der Waals surface area contributed by atoms with E-state index in [0.29, 0.717) is 55.6 Å². The van der Waals surface area contributed by atoms with Crippen molar-refractivity contribution >= 4 is 70.6 Å². The Morgan fingerprint density at radius 2 is 1.67 bits per heavy atom. The first-order valence-corrected chi connectivity index (χ1v) is 24.3.